The summed E-state index contributed by atoms with van der Waals surface area (Å²) in [6, 6.07) is 8.80. The summed E-state index contributed by atoms with van der Waals surface area (Å²) in [6.07, 6.45) is 8.09. The minimum Gasteiger partial charge on any atom is -0.330 e. The number of nitrogens with two attached hydrogens (primary N) is 1. The number of hydrogen-bond acceptors (Lipinski definition) is 4. The molecule has 0 bridgehead atoms. The van der Waals surface area contributed by atoms with Crippen molar-refractivity contribution in [1.29, 1.82) is 0 Å². The monoisotopic (exact) mass is 296 g/mol. The van der Waals surface area contributed by atoms with Crippen LogP contribution in [0.3, 0.4) is 0 Å². The highest BCUT2D eigenvalue weighted by Crippen LogP contribution is 2.31. The average Bonchev–Trinajstić information content (AvgIpc) is 2.55. The number of nitrogens with one attached hydrogen (secondary N) is 1. The third-order valence-corrected chi connectivity index (χ3v) is 4.43. The van der Waals surface area contributed by atoms with E-state index in [0.717, 1.165) is 25.0 Å². The lowest BCUT2D eigenvalue weighted by molar-refractivity contribution is 0.375. The van der Waals surface area contributed by atoms with Crippen LogP contribution >= 0.6 is 0 Å². The van der Waals surface area contributed by atoms with Crippen molar-refractivity contribution in [2.24, 2.45) is 5.73 Å². The van der Waals surface area contributed by atoms with Gasteiger partial charge in [0.15, 0.2) is 0 Å². The van der Waals surface area contributed by atoms with Crippen LogP contribution in [0.2, 0.25) is 0 Å². The third-order valence-electron chi connectivity index (χ3n) is 4.43. The summed E-state index contributed by atoms with van der Waals surface area (Å²) in [4.78, 5) is 9.20. The lowest BCUT2D eigenvalue weighted by Gasteiger charge is -2.30. The summed E-state index contributed by atoms with van der Waals surface area (Å²) < 4.78 is 0. The van der Waals surface area contributed by atoms with Crippen LogP contribution in [-0.4, -0.2) is 16.5 Å². The Morgan fingerprint density at radius 2 is 2.09 bits per heavy atom. The Bertz CT molecular complexity index is 626. The van der Waals surface area contributed by atoms with E-state index in [2.05, 4.69) is 34.3 Å². The average molecular weight is 296 g/mol. The van der Waals surface area contributed by atoms with Crippen molar-refractivity contribution < 1.29 is 0 Å². The number of pyridine rings is 2. The number of aromatic nitrogens is 2. The van der Waals surface area contributed by atoms with Gasteiger partial charge >= 0.3 is 0 Å². The van der Waals surface area contributed by atoms with Crippen LogP contribution in [-0.2, 0) is 6.42 Å². The molecule has 0 radical (unpaired) electrons. The first-order valence-corrected chi connectivity index (χ1v) is 8.11. The van der Waals surface area contributed by atoms with Gasteiger partial charge in [0.25, 0.3) is 0 Å². The van der Waals surface area contributed by atoms with Gasteiger partial charge in [0.05, 0.1) is 23.5 Å². The van der Waals surface area contributed by atoms with Crippen molar-refractivity contribution in [2.75, 3.05) is 6.54 Å². The summed E-state index contributed by atoms with van der Waals surface area (Å²) in [5.74, 6) is 0. The van der Waals surface area contributed by atoms with Crippen molar-refractivity contribution in [2.45, 2.75) is 44.7 Å². The quantitative estimate of drug-likeness (QED) is 0.890. The largest absolute Gasteiger partial charge is 0.330 e. The van der Waals surface area contributed by atoms with Crippen LogP contribution in [0.1, 0.15) is 53.9 Å². The first-order valence-electron chi connectivity index (χ1n) is 8.11. The van der Waals surface area contributed by atoms with E-state index in [9.17, 15) is 0 Å². The SMILES string of the molecule is Cc1cccnc1C(CCN)NC1CCCc2cccnc21. The maximum atomic E-state index is 5.83. The lowest BCUT2D eigenvalue weighted by atomic mass is 9.90. The van der Waals surface area contributed by atoms with Crippen molar-refractivity contribution in [3.05, 3.63) is 59.2 Å². The first-order chi connectivity index (χ1) is 10.8. The Morgan fingerprint density at radius 3 is 2.91 bits per heavy atom. The molecule has 3 rings (SSSR count). The molecular formula is C18H24N4. The van der Waals surface area contributed by atoms with Gasteiger partial charge in [-0.1, -0.05) is 12.1 Å². The lowest BCUT2D eigenvalue weighted by Crippen LogP contribution is -2.32. The highest BCUT2D eigenvalue weighted by molar-refractivity contribution is 5.27. The van der Waals surface area contributed by atoms with E-state index in [0.29, 0.717) is 12.6 Å². The van der Waals surface area contributed by atoms with E-state index >= 15 is 0 Å². The summed E-state index contributed by atoms with van der Waals surface area (Å²) in [6.45, 7) is 2.76. The van der Waals surface area contributed by atoms with Gasteiger partial charge in [-0.15, -0.1) is 0 Å². The predicted molar refractivity (Wildman–Crippen MR) is 88.4 cm³/mol. The number of rotatable bonds is 5. The number of hydrogen-bond donors (Lipinski definition) is 2. The standard InChI is InChI=1S/C18H24N4/c1-13-5-3-11-20-17(13)16(9-10-19)22-15-8-2-6-14-7-4-12-21-18(14)15/h3-5,7,11-12,15-16,22H,2,6,8-10,19H2,1H3. The Labute approximate surface area is 132 Å². The molecule has 0 aliphatic heterocycles. The topological polar surface area (TPSA) is 63.8 Å². The van der Waals surface area contributed by atoms with Crippen LogP contribution in [0.25, 0.3) is 0 Å². The van der Waals surface area contributed by atoms with Gasteiger partial charge in [0.2, 0.25) is 0 Å². The second kappa shape index (κ2) is 6.99. The molecule has 2 aromatic heterocycles. The van der Waals surface area contributed by atoms with Crippen LogP contribution < -0.4 is 11.1 Å². The minimum atomic E-state index is 0.184. The van der Waals surface area contributed by atoms with Crippen LogP contribution in [0.4, 0.5) is 0 Å². The van der Waals surface area contributed by atoms with E-state index in [-0.39, 0.29) is 6.04 Å². The summed E-state index contributed by atoms with van der Waals surface area (Å²) in [5, 5.41) is 3.77. The summed E-state index contributed by atoms with van der Waals surface area (Å²) >= 11 is 0. The van der Waals surface area contributed by atoms with Gasteiger partial charge < -0.3 is 11.1 Å². The third kappa shape index (κ3) is 3.18. The zero-order chi connectivity index (χ0) is 15.4. The Kier molecular flexibility index (Phi) is 4.80. The van der Waals surface area contributed by atoms with Crippen LogP contribution in [0.5, 0.6) is 0 Å². The smallest absolute Gasteiger partial charge is 0.0605 e. The first kappa shape index (κ1) is 15.1. The Morgan fingerprint density at radius 1 is 1.27 bits per heavy atom. The predicted octanol–water partition coefficient (Wildman–Crippen LogP) is 2.84. The van der Waals surface area contributed by atoms with Crippen molar-refractivity contribution in [3.8, 4) is 0 Å². The second-order valence-corrected chi connectivity index (χ2v) is 5.99. The van der Waals surface area contributed by atoms with Crippen molar-refractivity contribution in [1.82, 2.24) is 15.3 Å². The molecule has 0 fully saturated rings. The molecule has 2 heterocycles. The molecule has 0 spiro atoms. The van der Waals surface area contributed by atoms with Crippen LogP contribution in [0, 0.1) is 6.92 Å². The normalized spacial score (nSPS) is 18.7. The highest BCUT2D eigenvalue weighted by Gasteiger charge is 2.25. The number of fused-ring (bicyclic) bond motifs is 1. The van der Waals surface area contributed by atoms with Gasteiger partial charge in [0, 0.05) is 12.4 Å². The zero-order valence-electron chi connectivity index (χ0n) is 13.1. The molecule has 0 amide bonds. The molecule has 0 saturated carbocycles. The van der Waals surface area contributed by atoms with E-state index in [1.807, 2.05) is 24.5 Å². The molecule has 4 heteroatoms. The molecule has 2 aromatic rings. The molecule has 116 valence electrons. The molecular weight excluding hydrogens is 272 g/mol. The van der Waals surface area contributed by atoms with E-state index in [4.69, 9.17) is 5.73 Å². The zero-order valence-corrected chi connectivity index (χ0v) is 13.1. The molecule has 2 atom stereocenters. The molecule has 1 aliphatic carbocycles. The van der Waals surface area contributed by atoms with E-state index < -0.39 is 0 Å². The summed E-state index contributed by atoms with van der Waals surface area (Å²) in [7, 11) is 0. The van der Waals surface area contributed by atoms with Gasteiger partial charge in [-0.2, -0.15) is 0 Å². The van der Waals surface area contributed by atoms with Crippen molar-refractivity contribution in [3.63, 3.8) is 0 Å². The second-order valence-electron chi connectivity index (χ2n) is 5.99. The van der Waals surface area contributed by atoms with Gasteiger partial charge in [-0.25, -0.2) is 0 Å². The molecule has 0 saturated heterocycles. The molecule has 0 aromatic carbocycles. The van der Waals surface area contributed by atoms with E-state index in [1.54, 1.807) is 0 Å². The molecule has 1 aliphatic rings. The van der Waals surface area contributed by atoms with Crippen LogP contribution in [0.15, 0.2) is 36.7 Å². The fraction of sp³-hybridized carbons (Fsp3) is 0.444. The molecule has 3 N–H and O–H groups in total. The number of aryl methyl sites for hydroxylation is 2. The molecule has 22 heavy (non-hydrogen) atoms. The Hall–Kier alpha value is -1.78. The fourth-order valence-corrected chi connectivity index (χ4v) is 3.34. The van der Waals surface area contributed by atoms with Gasteiger partial charge in [0.1, 0.15) is 0 Å². The Balaban J connectivity index is 1.85. The maximum Gasteiger partial charge on any atom is 0.0605 e. The fourth-order valence-electron chi connectivity index (χ4n) is 3.34. The molecule has 2 unspecified atom stereocenters. The summed E-state index contributed by atoms with van der Waals surface area (Å²) in [5.41, 5.74) is 10.7. The minimum absolute atomic E-state index is 0.184. The van der Waals surface area contributed by atoms with Gasteiger partial charge in [-0.05, 0) is 62.4 Å². The van der Waals surface area contributed by atoms with Crippen molar-refractivity contribution >= 4 is 0 Å². The van der Waals surface area contributed by atoms with Gasteiger partial charge in [-0.3, -0.25) is 9.97 Å². The van der Waals surface area contributed by atoms with E-state index in [1.165, 1.54) is 23.2 Å². The maximum absolute atomic E-state index is 5.83. The highest BCUT2D eigenvalue weighted by atomic mass is 15.0. The number of nitrogens with zero attached hydrogens (tertiary/aromatic N) is 2. The molecule has 4 nitrogen and oxygen atoms in total.